The van der Waals surface area contributed by atoms with Gasteiger partial charge >= 0.3 is 0 Å². The molecule has 148 valence electrons. The highest BCUT2D eigenvalue weighted by molar-refractivity contribution is 7.88. The van der Waals surface area contributed by atoms with Crippen LogP contribution >= 0.6 is 0 Å². The maximum absolute atomic E-state index is 12.7. The molecule has 1 saturated heterocycles. The molecular weight excluding hydrogens is 380 g/mol. The summed E-state index contributed by atoms with van der Waals surface area (Å²) < 4.78 is 26.3. The summed E-state index contributed by atoms with van der Waals surface area (Å²) in [6.45, 7) is 2.61. The summed E-state index contributed by atoms with van der Waals surface area (Å²) in [7, 11) is -3.17. The molecule has 0 spiro atoms. The van der Waals surface area contributed by atoms with Gasteiger partial charge in [-0.15, -0.1) is 0 Å². The Balaban J connectivity index is 1.65. The fourth-order valence-corrected chi connectivity index (χ4v) is 4.34. The zero-order valence-corrected chi connectivity index (χ0v) is 16.5. The number of nitrogens with one attached hydrogen (secondary N) is 1. The molecule has 0 unspecified atom stereocenters. The van der Waals surface area contributed by atoms with E-state index in [0.29, 0.717) is 54.2 Å². The van der Waals surface area contributed by atoms with Gasteiger partial charge in [-0.1, -0.05) is 6.08 Å². The molecular formula is C18H22N6O3S. The number of nitrogens with zero attached hydrogens (tertiary/aromatic N) is 4. The number of allylic oxidation sites excluding steroid dienone is 4. The lowest BCUT2D eigenvalue weighted by Crippen LogP contribution is -2.42. The molecule has 2 aliphatic rings. The molecule has 0 atom stereocenters. The van der Waals surface area contributed by atoms with Crippen molar-refractivity contribution in [2.45, 2.75) is 25.8 Å². The number of aromatic nitrogens is 3. The molecule has 1 aliphatic carbocycles. The van der Waals surface area contributed by atoms with Crippen LogP contribution in [0.25, 0.3) is 16.7 Å². The van der Waals surface area contributed by atoms with Crippen molar-refractivity contribution in [3.05, 3.63) is 40.3 Å². The first kappa shape index (κ1) is 18.6. The number of pyridine rings is 1. The fraction of sp³-hybridized carbons (Fsp3) is 0.389. The van der Waals surface area contributed by atoms with Gasteiger partial charge in [0.2, 0.25) is 16.0 Å². The highest BCUT2D eigenvalue weighted by Gasteiger charge is 2.25. The molecule has 0 bridgehead atoms. The van der Waals surface area contributed by atoms with Gasteiger partial charge in [-0.05, 0) is 31.9 Å². The first-order valence-electron chi connectivity index (χ1n) is 9.04. The Labute approximate surface area is 162 Å². The number of hydrogen-bond donors (Lipinski definition) is 2. The Morgan fingerprint density at radius 3 is 2.54 bits per heavy atom. The standard InChI is InChI=1S/C18H22N6O3S/c1-11-15(19)14-10-20-18(21-12-6-8-23(9-7-12)28(2,26)27)22-16(14)24(17(11)25)13-4-3-5-13/h3-5,10,12H,6-9,19H2,1-2H3,(H,20,21,22). The maximum atomic E-state index is 12.7. The van der Waals surface area contributed by atoms with Crippen LogP contribution in [0.3, 0.4) is 0 Å². The van der Waals surface area contributed by atoms with Crippen LogP contribution in [0.15, 0.2) is 29.2 Å². The van der Waals surface area contributed by atoms with E-state index in [1.165, 1.54) is 10.6 Å². The molecule has 4 rings (SSSR count). The van der Waals surface area contributed by atoms with E-state index in [-0.39, 0.29) is 11.6 Å². The molecule has 0 radical (unpaired) electrons. The van der Waals surface area contributed by atoms with E-state index in [2.05, 4.69) is 15.3 Å². The van der Waals surface area contributed by atoms with E-state index in [4.69, 9.17) is 5.73 Å². The largest absolute Gasteiger partial charge is 0.398 e. The summed E-state index contributed by atoms with van der Waals surface area (Å²) in [6, 6.07) is 0.0567. The maximum Gasteiger partial charge on any atom is 0.261 e. The monoisotopic (exact) mass is 402 g/mol. The third kappa shape index (κ3) is 3.18. The summed E-state index contributed by atoms with van der Waals surface area (Å²) in [5.41, 5.74) is 7.98. The number of rotatable bonds is 4. The molecule has 10 heteroatoms. The van der Waals surface area contributed by atoms with Gasteiger partial charge in [0.25, 0.3) is 5.56 Å². The lowest BCUT2D eigenvalue weighted by atomic mass is 10.1. The minimum absolute atomic E-state index is 0.0567. The minimum Gasteiger partial charge on any atom is -0.398 e. The van der Waals surface area contributed by atoms with Gasteiger partial charge in [-0.2, -0.15) is 4.98 Å². The van der Waals surface area contributed by atoms with Crippen LogP contribution in [0, 0.1) is 6.92 Å². The molecule has 0 amide bonds. The van der Waals surface area contributed by atoms with Crippen molar-refractivity contribution in [2.24, 2.45) is 0 Å². The number of fused-ring (bicyclic) bond motifs is 1. The van der Waals surface area contributed by atoms with Crippen molar-refractivity contribution >= 4 is 38.4 Å². The molecule has 2 aromatic rings. The van der Waals surface area contributed by atoms with Crippen LogP contribution < -0.4 is 16.6 Å². The van der Waals surface area contributed by atoms with Crippen molar-refractivity contribution < 1.29 is 8.42 Å². The molecule has 2 aromatic heterocycles. The molecule has 1 fully saturated rings. The van der Waals surface area contributed by atoms with Gasteiger partial charge in [0.15, 0.2) is 5.65 Å². The fourth-order valence-electron chi connectivity index (χ4n) is 3.47. The number of sulfonamides is 1. The highest BCUT2D eigenvalue weighted by atomic mass is 32.2. The first-order valence-corrected chi connectivity index (χ1v) is 10.9. The lowest BCUT2D eigenvalue weighted by Gasteiger charge is -2.30. The van der Waals surface area contributed by atoms with Gasteiger partial charge in [-0.3, -0.25) is 9.36 Å². The van der Waals surface area contributed by atoms with Crippen molar-refractivity contribution in [1.82, 2.24) is 18.8 Å². The average Bonchev–Trinajstić information content (AvgIpc) is 2.61. The van der Waals surface area contributed by atoms with E-state index >= 15 is 0 Å². The van der Waals surface area contributed by atoms with Crippen LogP contribution in [0.5, 0.6) is 0 Å². The van der Waals surface area contributed by atoms with Crippen LogP contribution in [-0.2, 0) is 10.0 Å². The molecule has 1 aliphatic heterocycles. The van der Waals surface area contributed by atoms with Crippen molar-refractivity contribution in [3.8, 4) is 0 Å². The summed E-state index contributed by atoms with van der Waals surface area (Å²) >= 11 is 0. The predicted molar refractivity (Wildman–Crippen MR) is 109 cm³/mol. The number of nitrogen functional groups attached to an aromatic ring is 1. The Morgan fingerprint density at radius 1 is 1.29 bits per heavy atom. The smallest absolute Gasteiger partial charge is 0.261 e. The third-order valence-corrected chi connectivity index (χ3v) is 6.55. The van der Waals surface area contributed by atoms with E-state index < -0.39 is 10.0 Å². The lowest BCUT2D eigenvalue weighted by molar-refractivity contribution is 0.331. The van der Waals surface area contributed by atoms with Crippen molar-refractivity contribution in [1.29, 1.82) is 0 Å². The third-order valence-electron chi connectivity index (χ3n) is 5.25. The first-order chi connectivity index (χ1) is 13.3. The van der Waals surface area contributed by atoms with Gasteiger partial charge < -0.3 is 11.1 Å². The Bertz CT molecular complexity index is 1170. The van der Waals surface area contributed by atoms with Gasteiger partial charge in [0, 0.05) is 30.9 Å². The molecule has 3 N–H and O–H groups in total. The molecule has 3 heterocycles. The summed E-state index contributed by atoms with van der Waals surface area (Å²) in [5, 5.41) is 3.88. The molecule has 9 nitrogen and oxygen atoms in total. The Hall–Kier alpha value is -2.72. The number of nitrogens with two attached hydrogens (primary N) is 1. The van der Waals surface area contributed by atoms with E-state index in [0.717, 1.165) is 5.70 Å². The van der Waals surface area contributed by atoms with Crippen LogP contribution in [0.2, 0.25) is 0 Å². The molecule has 28 heavy (non-hydrogen) atoms. The quantitative estimate of drug-likeness (QED) is 0.780. The predicted octanol–water partition coefficient (Wildman–Crippen LogP) is 0.929. The Morgan fingerprint density at radius 2 is 1.96 bits per heavy atom. The summed E-state index contributed by atoms with van der Waals surface area (Å²) in [4.78, 5) is 21.6. The van der Waals surface area contributed by atoms with Gasteiger partial charge in [-0.25, -0.2) is 17.7 Å². The molecule has 0 saturated carbocycles. The molecule has 0 aromatic carbocycles. The Kier molecular flexibility index (Phi) is 4.47. The van der Waals surface area contributed by atoms with E-state index in [1.54, 1.807) is 17.7 Å². The zero-order chi connectivity index (χ0) is 20.1. The second-order valence-electron chi connectivity index (χ2n) is 7.14. The van der Waals surface area contributed by atoms with Crippen molar-refractivity contribution in [2.75, 3.05) is 30.4 Å². The minimum atomic E-state index is -3.17. The SMILES string of the molecule is Cc1c(N)c2cnc(NC3CCN(S(C)(=O)=O)CC3)nc2n(C2=CC=C2)c1=O. The number of hydrogen-bond acceptors (Lipinski definition) is 7. The van der Waals surface area contributed by atoms with Gasteiger partial charge in [0.1, 0.15) is 0 Å². The number of anilines is 2. The zero-order valence-electron chi connectivity index (χ0n) is 15.7. The van der Waals surface area contributed by atoms with Crippen LogP contribution in [0.1, 0.15) is 18.4 Å². The van der Waals surface area contributed by atoms with E-state index in [9.17, 15) is 13.2 Å². The summed E-state index contributed by atoms with van der Waals surface area (Å²) in [5.74, 6) is 0.394. The normalized spacial score (nSPS) is 18.1. The topological polar surface area (TPSA) is 123 Å². The second kappa shape index (κ2) is 6.71. The van der Waals surface area contributed by atoms with E-state index in [1.807, 2.05) is 18.2 Å². The van der Waals surface area contributed by atoms with Gasteiger partial charge in [0.05, 0.1) is 23.0 Å². The average molecular weight is 402 g/mol. The van der Waals surface area contributed by atoms with Crippen molar-refractivity contribution in [3.63, 3.8) is 0 Å². The second-order valence-corrected chi connectivity index (χ2v) is 9.12. The summed E-state index contributed by atoms with van der Waals surface area (Å²) in [6.07, 6.45) is 9.70. The highest BCUT2D eigenvalue weighted by Crippen LogP contribution is 2.26. The van der Waals surface area contributed by atoms with Crippen LogP contribution in [-0.4, -0.2) is 52.6 Å². The van der Waals surface area contributed by atoms with Crippen LogP contribution in [0.4, 0.5) is 11.6 Å². The number of piperidine rings is 1.